The van der Waals surface area contributed by atoms with Crippen molar-refractivity contribution in [3.8, 4) is 0 Å². The quantitative estimate of drug-likeness (QED) is 0.560. The summed E-state index contributed by atoms with van der Waals surface area (Å²) in [6.07, 6.45) is 12.0. The fourth-order valence-electron chi connectivity index (χ4n) is 2.79. The van der Waals surface area contributed by atoms with Crippen LogP contribution in [0.5, 0.6) is 0 Å². The molecule has 1 rings (SSSR count). The number of carbonyl (C=O) groups is 1. The largest absolute Gasteiger partial charge is 0.375 e. The van der Waals surface area contributed by atoms with E-state index in [0.717, 1.165) is 38.7 Å². The van der Waals surface area contributed by atoms with Gasteiger partial charge in [-0.05, 0) is 25.7 Å². The zero-order chi connectivity index (χ0) is 13.3. The van der Waals surface area contributed by atoms with Crippen LogP contribution in [0, 0.1) is 0 Å². The molecule has 106 valence electrons. The average Bonchev–Trinajstić information content (AvgIpc) is 2.39. The molecule has 1 fully saturated rings. The van der Waals surface area contributed by atoms with Crippen LogP contribution in [0.25, 0.3) is 0 Å². The molecule has 0 amide bonds. The van der Waals surface area contributed by atoms with Crippen molar-refractivity contribution in [2.75, 3.05) is 6.61 Å². The smallest absolute Gasteiger partial charge is 0.133 e. The molecule has 0 bridgehead atoms. The molecule has 0 spiro atoms. The zero-order valence-electron chi connectivity index (χ0n) is 12.3. The van der Waals surface area contributed by atoms with Crippen molar-refractivity contribution in [3.63, 3.8) is 0 Å². The second-order valence-electron chi connectivity index (χ2n) is 5.73. The average molecular weight is 254 g/mol. The Bertz CT molecular complexity index is 225. The Hall–Kier alpha value is -0.370. The first-order valence-electron chi connectivity index (χ1n) is 7.88. The molecule has 0 aliphatic heterocycles. The lowest BCUT2D eigenvalue weighted by Gasteiger charge is -2.37. The molecule has 0 N–H and O–H groups in total. The summed E-state index contributed by atoms with van der Waals surface area (Å²) in [6.45, 7) is 5.34. The second kappa shape index (κ2) is 8.68. The van der Waals surface area contributed by atoms with Gasteiger partial charge in [0, 0.05) is 19.4 Å². The Morgan fingerprint density at radius 3 is 2.22 bits per heavy atom. The van der Waals surface area contributed by atoms with Crippen molar-refractivity contribution in [3.05, 3.63) is 0 Å². The van der Waals surface area contributed by atoms with Crippen LogP contribution in [0.4, 0.5) is 0 Å². The number of hydrogen-bond acceptors (Lipinski definition) is 2. The SMILES string of the molecule is CCCCCOC1(CCCCC)CCC(=O)CC1. The predicted molar refractivity (Wildman–Crippen MR) is 75.8 cm³/mol. The highest BCUT2D eigenvalue weighted by atomic mass is 16.5. The third kappa shape index (κ3) is 5.51. The van der Waals surface area contributed by atoms with Crippen LogP contribution in [0.2, 0.25) is 0 Å². The van der Waals surface area contributed by atoms with Gasteiger partial charge in [-0.2, -0.15) is 0 Å². The van der Waals surface area contributed by atoms with E-state index in [0.29, 0.717) is 5.78 Å². The molecule has 1 aliphatic rings. The summed E-state index contributed by atoms with van der Waals surface area (Å²) in [5, 5.41) is 0. The minimum Gasteiger partial charge on any atom is -0.375 e. The van der Waals surface area contributed by atoms with Gasteiger partial charge >= 0.3 is 0 Å². The maximum atomic E-state index is 11.4. The Kier molecular flexibility index (Phi) is 7.57. The van der Waals surface area contributed by atoms with Crippen LogP contribution in [0.1, 0.15) is 84.5 Å². The lowest BCUT2D eigenvalue weighted by atomic mass is 9.80. The zero-order valence-corrected chi connectivity index (χ0v) is 12.3. The fraction of sp³-hybridized carbons (Fsp3) is 0.938. The molecule has 0 radical (unpaired) electrons. The van der Waals surface area contributed by atoms with Gasteiger partial charge in [0.15, 0.2) is 0 Å². The van der Waals surface area contributed by atoms with Gasteiger partial charge < -0.3 is 4.74 Å². The molecule has 0 heterocycles. The fourth-order valence-corrected chi connectivity index (χ4v) is 2.79. The summed E-state index contributed by atoms with van der Waals surface area (Å²) in [5.74, 6) is 0.429. The van der Waals surface area contributed by atoms with Gasteiger partial charge in [-0.1, -0.05) is 46.0 Å². The molecular weight excluding hydrogens is 224 g/mol. The molecule has 2 heteroatoms. The topological polar surface area (TPSA) is 26.3 Å². The summed E-state index contributed by atoms with van der Waals surface area (Å²) in [4.78, 5) is 11.4. The predicted octanol–water partition coefficient (Wildman–Crippen LogP) is 4.66. The van der Waals surface area contributed by atoms with Gasteiger partial charge in [0.2, 0.25) is 0 Å². The number of Topliss-reactive ketones (excluding diaryl/α,β-unsaturated/α-hetero) is 1. The lowest BCUT2D eigenvalue weighted by molar-refractivity contribution is -0.130. The van der Waals surface area contributed by atoms with E-state index in [1.165, 1.54) is 38.5 Å². The van der Waals surface area contributed by atoms with Crippen LogP contribution >= 0.6 is 0 Å². The third-order valence-corrected chi connectivity index (χ3v) is 4.11. The van der Waals surface area contributed by atoms with Crippen LogP contribution in [0.3, 0.4) is 0 Å². The maximum Gasteiger partial charge on any atom is 0.133 e. The number of ether oxygens (including phenoxy) is 1. The minimum absolute atomic E-state index is 0.0385. The van der Waals surface area contributed by atoms with E-state index in [9.17, 15) is 4.79 Å². The van der Waals surface area contributed by atoms with Gasteiger partial charge in [0.05, 0.1) is 5.60 Å². The summed E-state index contributed by atoms with van der Waals surface area (Å²) >= 11 is 0. The summed E-state index contributed by atoms with van der Waals surface area (Å²) < 4.78 is 6.22. The third-order valence-electron chi connectivity index (χ3n) is 4.11. The molecule has 0 aromatic heterocycles. The number of carbonyl (C=O) groups excluding carboxylic acids is 1. The summed E-state index contributed by atoms with van der Waals surface area (Å²) in [5.41, 5.74) is 0.0385. The van der Waals surface area contributed by atoms with E-state index < -0.39 is 0 Å². The van der Waals surface area contributed by atoms with Crippen molar-refractivity contribution in [2.24, 2.45) is 0 Å². The Morgan fingerprint density at radius 2 is 1.61 bits per heavy atom. The maximum absolute atomic E-state index is 11.4. The molecule has 0 atom stereocenters. The molecule has 1 aliphatic carbocycles. The summed E-state index contributed by atoms with van der Waals surface area (Å²) in [6, 6.07) is 0. The van der Waals surface area contributed by atoms with Crippen LogP contribution in [-0.4, -0.2) is 18.0 Å². The second-order valence-corrected chi connectivity index (χ2v) is 5.73. The van der Waals surface area contributed by atoms with Crippen molar-refractivity contribution in [1.82, 2.24) is 0 Å². The number of unbranched alkanes of at least 4 members (excludes halogenated alkanes) is 4. The molecule has 1 saturated carbocycles. The van der Waals surface area contributed by atoms with Crippen molar-refractivity contribution >= 4 is 5.78 Å². The molecule has 0 saturated heterocycles. The van der Waals surface area contributed by atoms with Gasteiger partial charge in [0.25, 0.3) is 0 Å². The number of hydrogen-bond donors (Lipinski definition) is 0. The van der Waals surface area contributed by atoms with E-state index >= 15 is 0 Å². The standard InChI is InChI=1S/C16H30O2/c1-3-5-7-11-16(18-14-8-6-4-2)12-9-15(17)10-13-16/h3-14H2,1-2H3. The van der Waals surface area contributed by atoms with Crippen molar-refractivity contribution in [1.29, 1.82) is 0 Å². The monoisotopic (exact) mass is 254 g/mol. The minimum atomic E-state index is 0.0385. The van der Waals surface area contributed by atoms with Gasteiger partial charge in [-0.25, -0.2) is 0 Å². The lowest BCUT2D eigenvalue weighted by Crippen LogP contribution is -2.37. The van der Waals surface area contributed by atoms with Crippen molar-refractivity contribution < 1.29 is 9.53 Å². The molecule has 0 unspecified atom stereocenters. The molecular formula is C16H30O2. The highest BCUT2D eigenvalue weighted by molar-refractivity contribution is 5.79. The van der Waals surface area contributed by atoms with Crippen LogP contribution in [-0.2, 0) is 9.53 Å². The highest BCUT2D eigenvalue weighted by Crippen LogP contribution is 2.35. The van der Waals surface area contributed by atoms with Gasteiger partial charge in [0.1, 0.15) is 5.78 Å². The molecule has 0 aromatic rings. The van der Waals surface area contributed by atoms with E-state index in [-0.39, 0.29) is 5.60 Å². The van der Waals surface area contributed by atoms with E-state index in [4.69, 9.17) is 4.74 Å². The normalized spacial score (nSPS) is 19.1. The van der Waals surface area contributed by atoms with Crippen LogP contribution in [0.15, 0.2) is 0 Å². The Labute approximate surface area is 112 Å². The van der Waals surface area contributed by atoms with Crippen LogP contribution < -0.4 is 0 Å². The van der Waals surface area contributed by atoms with E-state index in [1.54, 1.807) is 0 Å². The number of rotatable bonds is 9. The van der Waals surface area contributed by atoms with Gasteiger partial charge in [-0.3, -0.25) is 4.79 Å². The number of ketones is 1. The molecule has 0 aromatic carbocycles. The molecule has 18 heavy (non-hydrogen) atoms. The first-order valence-corrected chi connectivity index (χ1v) is 7.88. The van der Waals surface area contributed by atoms with Crippen molar-refractivity contribution in [2.45, 2.75) is 90.1 Å². The first-order chi connectivity index (χ1) is 8.72. The Balaban J connectivity index is 2.38. The molecule has 2 nitrogen and oxygen atoms in total. The highest BCUT2D eigenvalue weighted by Gasteiger charge is 2.34. The van der Waals surface area contributed by atoms with E-state index in [1.807, 2.05) is 0 Å². The summed E-state index contributed by atoms with van der Waals surface area (Å²) in [7, 11) is 0. The van der Waals surface area contributed by atoms with Gasteiger partial charge in [-0.15, -0.1) is 0 Å². The first kappa shape index (κ1) is 15.7. The van der Waals surface area contributed by atoms with E-state index in [2.05, 4.69) is 13.8 Å². The Morgan fingerprint density at radius 1 is 1.00 bits per heavy atom.